The van der Waals surface area contributed by atoms with Crippen LogP contribution in [0.1, 0.15) is 26.5 Å². The maximum atomic E-state index is 12.3. The first kappa shape index (κ1) is 14.5. The highest BCUT2D eigenvalue weighted by Crippen LogP contribution is 2.30. The molecular weight excluding hydrogens is 266 g/mol. The Morgan fingerprint density at radius 2 is 2.26 bits per heavy atom. The highest BCUT2D eigenvalue weighted by molar-refractivity contribution is 7.89. The molecule has 1 saturated heterocycles. The van der Waals surface area contributed by atoms with E-state index >= 15 is 0 Å². The number of hydrogen-bond donors (Lipinski definition) is 1. The number of likely N-dealkylation sites (tertiary alicyclic amines) is 1. The van der Waals surface area contributed by atoms with Gasteiger partial charge in [-0.3, -0.25) is 0 Å². The van der Waals surface area contributed by atoms with Crippen molar-refractivity contribution in [3.63, 3.8) is 0 Å². The molecule has 2 rings (SSSR count). The molecule has 1 aliphatic heterocycles. The van der Waals surface area contributed by atoms with Crippen LogP contribution in [0.5, 0.6) is 0 Å². The summed E-state index contributed by atoms with van der Waals surface area (Å²) < 4.78 is 32.1. The minimum Gasteiger partial charge on any atom is -0.363 e. The lowest BCUT2D eigenvalue weighted by molar-refractivity contribution is 0.295. The van der Waals surface area contributed by atoms with Crippen molar-refractivity contribution in [1.82, 2.24) is 14.8 Å². The van der Waals surface area contributed by atoms with E-state index < -0.39 is 10.0 Å². The average molecular weight is 287 g/mol. The van der Waals surface area contributed by atoms with Crippen LogP contribution in [-0.2, 0) is 10.0 Å². The molecule has 7 heteroatoms. The number of rotatable bonds is 4. The summed E-state index contributed by atoms with van der Waals surface area (Å²) in [4.78, 5) is 2.37. The van der Waals surface area contributed by atoms with Gasteiger partial charge in [0.1, 0.15) is 16.9 Å². The molecule has 0 bridgehead atoms. The van der Waals surface area contributed by atoms with Gasteiger partial charge in [-0.15, -0.1) is 0 Å². The molecule has 108 valence electrons. The van der Waals surface area contributed by atoms with Gasteiger partial charge in [0.2, 0.25) is 10.0 Å². The molecule has 0 aromatic carbocycles. The number of nitrogens with one attached hydrogen (secondary N) is 1. The zero-order valence-electron chi connectivity index (χ0n) is 11.8. The summed E-state index contributed by atoms with van der Waals surface area (Å²) in [5, 5.41) is 3.62. The second-order valence-electron chi connectivity index (χ2n) is 5.75. The van der Waals surface area contributed by atoms with E-state index in [4.69, 9.17) is 4.52 Å². The molecule has 2 heterocycles. The fourth-order valence-corrected chi connectivity index (χ4v) is 3.98. The zero-order chi connectivity index (χ0) is 14.3. The van der Waals surface area contributed by atoms with Crippen LogP contribution in [0.25, 0.3) is 0 Å². The molecule has 0 aliphatic carbocycles. The Balaban J connectivity index is 2.20. The maximum absolute atomic E-state index is 12.3. The van der Waals surface area contributed by atoms with Gasteiger partial charge in [0.15, 0.2) is 0 Å². The van der Waals surface area contributed by atoms with Crippen molar-refractivity contribution >= 4 is 10.0 Å². The van der Waals surface area contributed by atoms with E-state index in [0.29, 0.717) is 5.69 Å². The van der Waals surface area contributed by atoms with E-state index in [1.165, 1.54) is 6.26 Å². The predicted octanol–water partition coefficient (Wildman–Crippen LogP) is 0.992. The third kappa shape index (κ3) is 2.82. The smallest absolute Gasteiger partial charge is 0.246 e. The van der Waals surface area contributed by atoms with Crippen molar-refractivity contribution in [2.75, 3.05) is 19.6 Å². The molecule has 1 N–H and O–H groups in total. The third-order valence-electron chi connectivity index (χ3n) is 3.76. The van der Waals surface area contributed by atoms with Crippen LogP contribution in [0.4, 0.5) is 0 Å². The predicted molar refractivity (Wildman–Crippen MR) is 71.2 cm³/mol. The summed E-state index contributed by atoms with van der Waals surface area (Å²) >= 11 is 0. The number of aromatic nitrogens is 1. The second-order valence-corrected chi connectivity index (χ2v) is 7.44. The summed E-state index contributed by atoms with van der Waals surface area (Å²) in [5.41, 5.74) is 0.296. The third-order valence-corrected chi connectivity index (χ3v) is 5.32. The van der Waals surface area contributed by atoms with Gasteiger partial charge in [0, 0.05) is 19.1 Å². The van der Waals surface area contributed by atoms with Crippen molar-refractivity contribution < 1.29 is 12.9 Å². The number of aryl methyl sites for hydroxylation is 1. The number of sulfonamides is 1. The van der Waals surface area contributed by atoms with Crippen LogP contribution < -0.4 is 4.72 Å². The minimum absolute atomic E-state index is 0.0891. The highest BCUT2D eigenvalue weighted by atomic mass is 32.2. The lowest BCUT2D eigenvalue weighted by Crippen LogP contribution is -2.44. The standard InChI is InChI=1S/C12H21N3O3S/c1-5-15-6-11(12(3,4)8-15)14-19(16,17)10-7-18-13-9(10)2/h7,11,14H,5-6,8H2,1-4H3. The summed E-state index contributed by atoms with van der Waals surface area (Å²) in [6.07, 6.45) is 1.18. The monoisotopic (exact) mass is 287 g/mol. The van der Waals surface area contributed by atoms with Crippen LogP contribution in [0.3, 0.4) is 0 Å². The van der Waals surface area contributed by atoms with Gasteiger partial charge in [-0.1, -0.05) is 25.9 Å². The Morgan fingerprint density at radius 1 is 1.58 bits per heavy atom. The first-order valence-electron chi connectivity index (χ1n) is 6.42. The van der Waals surface area contributed by atoms with Crippen LogP contribution in [0.2, 0.25) is 0 Å². The van der Waals surface area contributed by atoms with Crippen molar-refractivity contribution in [3.8, 4) is 0 Å². The van der Waals surface area contributed by atoms with Crippen LogP contribution >= 0.6 is 0 Å². The fraction of sp³-hybridized carbons (Fsp3) is 0.750. The molecule has 0 radical (unpaired) electrons. The Bertz CT molecular complexity index is 550. The van der Waals surface area contributed by atoms with E-state index in [1.807, 2.05) is 0 Å². The molecule has 19 heavy (non-hydrogen) atoms. The molecule has 1 atom stereocenters. The summed E-state index contributed by atoms with van der Waals surface area (Å²) in [5.74, 6) is 0. The molecule has 1 aliphatic rings. The van der Waals surface area contributed by atoms with Gasteiger partial charge in [0.05, 0.1) is 0 Å². The van der Waals surface area contributed by atoms with Crippen molar-refractivity contribution in [1.29, 1.82) is 0 Å². The first-order chi connectivity index (χ1) is 8.76. The first-order valence-corrected chi connectivity index (χ1v) is 7.90. The molecule has 0 saturated carbocycles. The summed E-state index contributed by atoms with van der Waals surface area (Å²) in [6.45, 7) is 10.4. The normalized spacial score (nSPS) is 23.9. The number of nitrogens with zero attached hydrogens (tertiary/aromatic N) is 2. The van der Waals surface area contributed by atoms with Gasteiger partial charge in [0.25, 0.3) is 0 Å². The van der Waals surface area contributed by atoms with Gasteiger partial charge in [-0.2, -0.15) is 0 Å². The molecule has 1 aromatic rings. The van der Waals surface area contributed by atoms with Crippen molar-refractivity contribution in [2.24, 2.45) is 5.41 Å². The molecule has 6 nitrogen and oxygen atoms in total. The van der Waals surface area contributed by atoms with E-state index in [-0.39, 0.29) is 16.4 Å². The van der Waals surface area contributed by atoms with E-state index in [0.717, 1.165) is 19.6 Å². The Morgan fingerprint density at radius 3 is 2.74 bits per heavy atom. The van der Waals surface area contributed by atoms with Crippen LogP contribution in [0.15, 0.2) is 15.7 Å². The zero-order valence-corrected chi connectivity index (χ0v) is 12.6. The minimum atomic E-state index is -3.57. The molecular formula is C12H21N3O3S. The van der Waals surface area contributed by atoms with E-state index in [9.17, 15) is 8.42 Å². The number of likely N-dealkylation sites (N-methyl/N-ethyl adjacent to an activating group) is 1. The average Bonchev–Trinajstić information content (AvgIpc) is 2.83. The lowest BCUT2D eigenvalue weighted by atomic mass is 9.89. The molecule has 1 fully saturated rings. The molecule has 1 aromatic heterocycles. The molecule has 0 amide bonds. The highest BCUT2D eigenvalue weighted by Gasteiger charge is 2.41. The van der Waals surface area contributed by atoms with Crippen molar-refractivity contribution in [2.45, 2.75) is 38.6 Å². The van der Waals surface area contributed by atoms with Crippen LogP contribution in [0, 0.1) is 12.3 Å². The quantitative estimate of drug-likeness (QED) is 0.894. The maximum Gasteiger partial charge on any atom is 0.246 e. The molecule has 1 unspecified atom stereocenters. The van der Waals surface area contributed by atoms with Gasteiger partial charge >= 0.3 is 0 Å². The number of hydrogen-bond acceptors (Lipinski definition) is 5. The fourth-order valence-electron chi connectivity index (χ4n) is 2.49. The van der Waals surface area contributed by atoms with E-state index in [1.54, 1.807) is 6.92 Å². The van der Waals surface area contributed by atoms with Gasteiger partial charge in [-0.25, -0.2) is 13.1 Å². The summed E-state index contributed by atoms with van der Waals surface area (Å²) in [6, 6.07) is -0.105. The largest absolute Gasteiger partial charge is 0.363 e. The van der Waals surface area contributed by atoms with E-state index in [2.05, 4.69) is 35.5 Å². The van der Waals surface area contributed by atoms with Crippen molar-refractivity contribution in [3.05, 3.63) is 12.0 Å². The Hall–Kier alpha value is -0.920. The topological polar surface area (TPSA) is 75.4 Å². The second kappa shape index (κ2) is 4.88. The SMILES string of the molecule is CCN1CC(NS(=O)(=O)c2conc2C)C(C)(C)C1. The Kier molecular flexibility index (Phi) is 3.72. The summed E-state index contributed by atoms with van der Waals surface area (Å²) in [7, 11) is -3.57. The van der Waals surface area contributed by atoms with Gasteiger partial charge in [-0.05, 0) is 18.9 Å². The molecule has 0 spiro atoms. The van der Waals surface area contributed by atoms with Crippen LogP contribution in [-0.4, -0.2) is 44.2 Å². The lowest BCUT2D eigenvalue weighted by Gasteiger charge is -2.26. The van der Waals surface area contributed by atoms with Gasteiger partial charge < -0.3 is 9.42 Å². The Labute approximate surface area is 114 Å².